The molecule has 1 aliphatic carbocycles. The van der Waals surface area contributed by atoms with Crippen molar-refractivity contribution in [2.45, 2.75) is 51.4 Å². The van der Waals surface area contributed by atoms with E-state index >= 15 is 0 Å². The fourth-order valence-electron chi connectivity index (χ4n) is 3.70. The lowest BCUT2D eigenvalue weighted by Gasteiger charge is -2.40. The predicted molar refractivity (Wildman–Crippen MR) is 138 cm³/mol. The predicted octanol–water partition coefficient (Wildman–Crippen LogP) is 2.43. The van der Waals surface area contributed by atoms with Gasteiger partial charge in [-0.05, 0) is 66.6 Å². The monoisotopic (exact) mass is 586 g/mol. The molecule has 3 atom stereocenters. The van der Waals surface area contributed by atoms with Gasteiger partial charge in [-0.3, -0.25) is 9.59 Å². The summed E-state index contributed by atoms with van der Waals surface area (Å²) in [6, 6.07) is 6.74. The molecule has 0 fully saturated rings. The lowest BCUT2D eigenvalue weighted by atomic mass is 9.88. The Morgan fingerprint density at radius 2 is 2.06 bits per heavy atom. The van der Waals surface area contributed by atoms with Gasteiger partial charge in [0.25, 0.3) is 0 Å². The molecule has 0 unspecified atom stereocenters. The van der Waals surface area contributed by atoms with Gasteiger partial charge in [0, 0.05) is 38.3 Å². The number of allylic oxidation sites excluding steroid dienone is 1. The van der Waals surface area contributed by atoms with E-state index in [2.05, 4.69) is 27.9 Å². The topological polar surface area (TPSA) is 108 Å². The SMILES string of the molecule is CCC=CC(=O)N(CCCOCC)[C@@H]1CC(C(=O)NCCO)=C[C@H](Oc2ccccc2I)[C@H]1O. The molecule has 1 aromatic carbocycles. The highest BCUT2D eigenvalue weighted by Gasteiger charge is 2.40. The molecule has 2 rings (SSSR count). The fourth-order valence-corrected chi connectivity index (χ4v) is 4.22. The van der Waals surface area contributed by atoms with Gasteiger partial charge >= 0.3 is 0 Å². The standard InChI is InChI=1S/C25H35IN2O6/c1-3-5-11-23(30)28(13-8-15-33-4-2)20-16-18(25(32)27-12-14-29)17-22(24(20)31)34-21-10-7-6-9-19(21)26/h5-7,9-11,17,20,22,24,29,31H,3-4,8,12-16H2,1-2H3,(H,27,32)/t20-,22+,24+/m1/s1. The highest BCUT2D eigenvalue weighted by atomic mass is 127. The minimum atomic E-state index is -1.04. The van der Waals surface area contributed by atoms with Crippen LogP contribution >= 0.6 is 22.6 Å². The van der Waals surface area contributed by atoms with Crippen LogP contribution in [0.4, 0.5) is 0 Å². The van der Waals surface area contributed by atoms with E-state index in [0.29, 0.717) is 43.9 Å². The number of benzene rings is 1. The maximum atomic E-state index is 13.1. The molecular weight excluding hydrogens is 551 g/mol. The third-order valence-electron chi connectivity index (χ3n) is 5.39. The summed E-state index contributed by atoms with van der Waals surface area (Å²) >= 11 is 2.15. The highest BCUT2D eigenvalue weighted by Crippen LogP contribution is 2.30. The number of hydrogen-bond acceptors (Lipinski definition) is 6. The van der Waals surface area contributed by atoms with Crippen LogP contribution in [0.2, 0.25) is 0 Å². The third kappa shape index (κ3) is 8.37. The molecule has 34 heavy (non-hydrogen) atoms. The molecule has 1 aromatic rings. The largest absolute Gasteiger partial charge is 0.482 e. The fraction of sp³-hybridized carbons (Fsp3) is 0.520. The van der Waals surface area contributed by atoms with Crippen LogP contribution in [0.15, 0.2) is 48.1 Å². The second kappa shape index (κ2) is 15.1. The molecule has 0 aromatic heterocycles. The summed E-state index contributed by atoms with van der Waals surface area (Å²) in [6.45, 7) is 5.22. The summed E-state index contributed by atoms with van der Waals surface area (Å²) in [5, 5.41) is 23.1. The van der Waals surface area contributed by atoms with E-state index < -0.39 is 18.2 Å². The molecule has 0 spiro atoms. The van der Waals surface area contributed by atoms with Crippen LogP contribution in [-0.4, -0.2) is 78.1 Å². The first kappa shape index (κ1) is 28.3. The highest BCUT2D eigenvalue weighted by molar-refractivity contribution is 14.1. The van der Waals surface area contributed by atoms with Crippen LogP contribution in [0.5, 0.6) is 5.75 Å². The number of nitrogens with one attached hydrogen (secondary N) is 1. The summed E-state index contributed by atoms with van der Waals surface area (Å²) in [7, 11) is 0. The molecule has 2 amide bonds. The van der Waals surface area contributed by atoms with Gasteiger partial charge in [-0.25, -0.2) is 0 Å². The second-order valence-electron chi connectivity index (χ2n) is 7.84. The molecular formula is C25H35IN2O6. The number of ether oxygens (including phenoxy) is 2. The molecule has 8 nitrogen and oxygen atoms in total. The van der Waals surface area contributed by atoms with Gasteiger partial charge in [0.1, 0.15) is 18.0 Å². The van der Waals surface area contributed by atoms with Crippen LogP contribution in [0.1, 0.15) is 33.1 Å². The van der Waals surface area contributed by atoms with Gasteiger partial charge in [0.2, 0.25) is 11.8 Å². The summed E-state index contributed by atoms with van der Waals surface area (Å²) in [4.78, 5) is 27.4. The van der Waals surface area contributed by atoms with E-state index in [1.165, 1.54) is 6.08 Å². The average molecular weight is 586 g/mol. The van der Waals surface area contributed by atoms with Crippen LogP contribution in [0.25, 0.3) is 0 Å². The van der Waals surface area contributed by atoms with Gasteiger partial charge < -0.3 is 29.9 Å². The summed E-state index contributed by atoms with van der Waals surface area (Å²) in [5.74, 6) is -0.000141. The van der Waals surface area contributed by atoms with Gasteiger partial charge in [0.05, 0.1) is 16.2 Å². The van der Waals surface area contributed by atoms with Crippen LogP contribution in [0.3, 0.4) is 0 Å². The van der Waals surface area contributed by atoms with Crippen molar-refractivity contribution in [3.8, 4) is 5.75 Å². The normalized spacial score (nSPS) is 20.1. The number of nitrogens with zero attached hydrogens (tertiary/aromatic N) is 1. The molecule has 0 saturated heterocycles. The van der Waals surface area contributed by atoms with E-state index in [1.54, 1.807) is 23.1 Å². The molecule has 0 radical (unpaired) electrons. The van der Waals surface area contributed by atoms with E-state index in [4.69, 9.17) is 14.6 Å². The average Bonchev–Trinajstić information content (AvgIpc) is 2.84. The van der Waals surface area contributed by atoms with Crippen molar-refractivity contribution in [1.82, 2.24) is 10.2 Å². The first-order chi connectivity index (χ1) is 16.4. The van der Waals surface area contributed by atoms with Crippen molar-refractivity contribution in [3.05, 3.63) is 51.6 Å². The van der Waals surface area contributed by atoms with Crippen molar-refractivity contribution in [2.24, 2.45) is 0 Å². The first-order valence-electron chi connectivity index (χ1n) is 11.7. The third-order valence-corrected chi connectivity index (χ3v) is 6.28. The molecule has 1 aliphatic rings. The van der Waals surface area contributed by atoms with E-state index in [9.17, 15) is 14.7 Å². The number of aliphatic hydroxyl groups excluding tert-OH is 2. The zero-order valence-corrected chi connectivity index (χ0v) is 21.9. The Morgan fingerprint density at radius 3 is 2.74 bits per heavy atom. The zero-order valence-electron chi connectivity index (χ0n) is 19.8. The number of para-hydroxylation sites is 1. The minimum absolute atomic E-state index is 0.113. The number of halogens is 1. The first-order valence-corrected chi connectivity index (χ1v) is 12.7. The Morgan fingerprint density at radius 1 is 1.29 bits per heavy atom. The van der Waals surface area contributed by atoms with Crippen molar-refractivity contribution in [1.29, 1.82) is 0 Å². The Balaban J connectivity index is 2.36. The molecule has 0 saturated carbocycles. The Kier molecular flexibility index (Phi) is 12.6. The maximum absolute atomic E-state index is 13.1. The number of carbonyl (C=O) groups excluding carboxylic acids is 2. The molecule has 0 bridgehead atoms. The molecule has 0 aliphatic heterocycles. The zero-order chi connectivity index (χ0) is 24.9. The molecule has 9 heteroatoms. The summed E-state index contributed by atoms with van der Waals surface area (Å²) < 4.78 is 12.4. The number of rotatable bonds is 13. The number of amides is 2. The van der Waals surface area contributed by atoms with E-state index in [1.807, 2.05) is 32.0 Å². The van der Waals surface area contributed by atoms with Crippen LogP contribution in [-0.2, 0) is 14.3 Å². The Hall–Kier alpha value is -1.95. The second-order valence-corrected chi connectivity index (χ2v) is 9.00. The summed E-state index contributed by atoms with van der Waals surface area (Å²) in [6.07, 6.45) is 4.50. The van der Waals surface area contributed by atoms with Gasteiger partial charge in [-0.1, -0.05) is 25.1 Å². The number of aliphatic hydroxyl groups is 2. The minimum Gasteiger partial charge on any atom is -0.482 e. The van der Waals surface area contributed by atoms with Crippen molar-refractivity contribution in [3.63, 3.8) is 0 Å². The van der Waals surface area contributed by atoms with Crippen LogP contribution < -0.4 is 10.1 Å². The quantitative estimate of drug-likeness (QED) is 0.186. The Bertz CT molecular complexity index is 860. The van der Waals surface area contributed by atoms with Gasteiger partial charge in [-0.15, -0.1) is 0 Å². The molecule has 3 N–H and O–H groups in total. The van der Waals surface area contributed by atoms with Gasteiger partial charge in [0.15, 0.2) is 0 Å². The van der Waals surface area contributed by atoms with Crippen molar-refractivity contribution in [2.75, 3.05) is 32.9 Å². The smallest absolute Gasteiger partial charge is 0.247 e. The Labute approximate surface area is 215 Å². The van der Waals surface area contributed by atoms with E-state index in [-0.39, 0.29) is 31.4 Å². The molecule has 0 heterocycles. The lowest BCUT2D eigenvalue weighted by Crippen LogP contribution is -2.55. The lowest BCUT2D eigenvalue weighted by molar-refractivity contribution is -0.133. The van der Waals surface area contributed by atoms with Crippen LogP contribution in [0, 0.1) is 3.57 Å². The number of hydrogen-bond donors (Lipinski definition) is 3. The number of carbonyl (C=O) groups is 2. The molecule has 188 valence electrons. The van der Waals surface area contributed by atoms with Gasteiger partial charge in [-0.2, -0.15) is 0 Å². The van der Waals surface area contributed by atoms with E-state index in [0.717, 1.165) is 3.57 Å². The maximum Gasteiger partial charge on any atom is 0.247 e. The van der Waals surface area contributed by atoms with Crippen molar-refractivity contribution < 1.29 is 29.3 Å². The summed E-state index contributed by atoms with van der Waals surface area (Å²) in [5.41, 5.74) is 0.404. The van der Waals surface area contributed by atoms with Crippen molar-refractivity contribution >= 4 is 34.4 Å².